The maximum atomic E-state index is 11.2. The Balaban J connectivity index is 2.29. The Kier molecular flexibility index (Phi) is 5.92. The molecule has 17 heavy (non-hydrogen) atoms. The van der Waals surface area contributed by atoms with Crippen molar-refractivity contribution in [2.45, 2.75) is 52.2 Å². The Hall–Kier alpha value is -0.610. The summed E-state index contributed by atoms with van der Waals surface area (Å²) in [6.07, 6.45) is 2.09. The minimum Gasteiger partial charge on any atom is -0.466 e. The van der Waals surface area contributed by atoms with Gasteiger partial charge in [0.2, 0.25) is 0 Å². The van der Waals surface area contributed by atoms with Gasteiger partial charge in [0.25, 0.3) is 0 Å². The van der Waals surface area contributed by atoms with Crippen LogP contribution in [0.25, 0.3) is 0 Å². The molecule has 1 saturated carbocycles. The second-order valence-corrected chi connectivity index (χ2v) is 5.15. The lowest BCUT2D eigenvalue weighted by atomic mass is 10.2. The first-order valence-corrected chi connectivity index (χ1v) is 6.60. The summed E-state index contributed by atoms with van der Waals surface area (Å²) in [4.78, 5) is 13.5. The van der Waals surface area contributed by atoms with E-state index >= 15 is 0 Å². The van der Waals surface area contributed by atoms with E-state index in [1.165, 1.54) is 12.8 Å². The molecule has 4 nitrogen and oxygen atoms in total. The number of carbonyl (C=O) groups excluding carboxylic acids is 1. The van der Waals surface area contributed by atoms with E-state index in [9.17, 15) is 9.90 Å². The van der Waals surface area contributed by atoms with Crippen LogP contribution in [0, 0.1) is 5.92 Å². The van der Waals surface area contributed by atoms with Gasteiger partial charge in [-0.3, -0.25) is 9.69 Å². The molecule has 100 valence electrons. The Labute approximate surface area is 104 Å². The highest BCUT2D eigenvalue weighted by Gasteiger charge is 2.27. The molecule has 0 aromatic rings. The maximum absolute atomic E-state index is 11.2. The van der Waals surface area contributed by atoms with Gasteiger partial charge in [0.15, 0.2) is 0 Å². The third-order valence-electron chi connectivity index (χ3n) is 3.07. The van der Waals surface area contributed by atoms with Crippen LogP contribution in [0.4, 0.5) is 0 Å². The molecule has 1 aliphatic rings. The van der Waals surface area contributed by atoms with Crippen LogP contribution in [0.1, 0.15) is 40.0 Å². The Morgan fingerprint density at radius 3 is 2.59 bits per heavy atom. The van der Waals surface area contributed by atoms with E-state index in [-0.39, 0.29) is 12.4 Å². The topological polar surface area (TPSA) is 49.8 Å². The van der Waals surface area contributed by atoms with Crippen LogP contribution in [0.15, 0.2) is 0 Å². The number of aliphatic hydroxyl groups is 1. The Morgan fingerprint density at radius 2 is 2.12 bits per heavy atom. The summed E-state index contributed by atoms with van der Waals surface area (Å²) in [5.74, 6) is 0.488. The SMILES string of the molecule is CCOC(=O)CC(O)CN(CC1CC1)C(C)C. The third kappa shape index (κ3) is 6.03. The minimum absolute atomic E-state index is 0.0989. The van der Waals surface area contributed by atoms with Gasteiger partial charge in [0.05, 0.1) is 19.1 Å². The highest BCUT2D eigenvalue weighted by molar-refractivity contribution is 5.69. The largest absolute Gasteiger partial charge is 0.466 e. The molecule has 0 saturated heterocycles. The van der Waals surface area contributed by atoms with Crippen molar-refractivity contribution in [3.05, 3.63) is 0 Å². The summed E-state index contributed by atoms with van der Waals surface area (Å²) in [7, 11) is 0. The van der Waals surface area contributed by atoms with Crippen LogP contribution in [-0.4, -0.2) is 47.8 Å². The van der Waals surface area contributed by atoms with E-state index in [1.807, 2.05) is 0 Å². The van der Waals surface area contributed by atoms with E-state index in [0.29, 0.717) is 19.2 Å². The van der Waals surface area contributed by atoms with Crippen LogP contribution >= 0.6 is 0 Å². The van der Waals surface area contributed by atoms with Crippen molar-refractivity contribution < 1.29 is 14.6 Å². The monoisotopic (exact) mass is 243 g/mol. The van der Waals surface area contributed by atoms with Crippen molar-refractivity contribution in [1.82, 2.24) is 4.90 Å². The van der Waals surface area contributed by atoms with Gasteiger partial charge in [0, 0.05) is 19.1 Å². The van der Waals surface area contributed by atoms with Gasteiger partial charge in [-0.1, -0.05) is 0 Å². The first kappa shape index (κ1) is 14.5. The molecular weight excluding hydrogens is 218 g/mol. The van der Waals surface area contributed by atoms with Crippen LogP contribution in [0.5, 0.6) is 0 Å². The Morgan fingerprint density at radius 1 is 1.47 bits per heavy atom. The van der Waals surface area contributed by atoms with Crippen molar-refractivity contribution in [3.8, 4) is 0 Å². The minimum atomic E-state index is -0.616. The zero-order valence-electron chi connectivity index (χ0n) is 11.2. The summed E-state index contributed by atoms with van der Waals surface area (Å²) in [5.41, 5.74) is 0. The zero-order chi connectivity index (χ0) is 12.8. The molecule has 0 heterocycles. The number of rotatable bonds is 8. The summed E-state index contributed by atoms with van der Waals surface area (Å²) < 4.78 is 4.83. The molecule has 0 aliphatic heterocycles. The molecule has 0 amide bonds. The van der Waals surface area contributed by atoms with Gasteiger partial charge in [-0.15, -0.1) is 0 Å². The van der Waals surface area contributed by atoms with Gasteiger partial charge in [-0.25, -0.2) is 0 Å². The molecule has 1 atom stereocenters. The molecule has 1 rings (SSSR count). The van der Waals surface area contributed by atoms with Gasteiger partial charge in [-0.05, 0) is 39.5 Å². The fourth-order valence-electron chi connectivity index (χ4n) is 1.88. The van der Waals surface area contributed by atoms with Crippen LogP contribution in [0.2, 0.25) is 0 Å². The molecule has 1 N–H and O–H groups in total. The number of hydrogen-bond donors (Lipinski definition) is 1. The fraction of sp³-hybridized carbons (Fsp3) is 0.923. The average Bonchev–Trinajstić information content (AvgIpc) is 3.00. The van der Waals surface area contributed by atoms with Crippen molar-refractivity contribution in [3.63, 3.8) is 0 Å². The predicted octanol–water partition coefficient (Wildman–Crippen LogP) is 1.42. The molecule has 1 fully saturated rings. The van der Waals surface area contributed by atoms with Crippen molar-refractivity contribution in [2.24, 2.45) is 5.92 Å². The summed E-state index contributed by atoms with van der Waals surface area (Å²) in [6.45, 7) is 8.00. The third-order valence-corrected chi connectivity index (χ3v) is 3.07. The van der Waals surface area contributed by atoms with E-state index < -0.39 is 6.10 Å². The van der Waals surface area contributed by atoms with Crippen LogP contribution in [0.3, 0.4) is 0 Å². The van der Waals surface area contributed by atoms with Crippen LogP contribution < -0.4 is 0 Å². The van der Waals surface area contributed by atoms with E-state index in [2.05, 4.69) is 18.7 Å². The second-order valence-electron chi connectivity index (χ2n) is 5.15. The van der Waals surface area contributed by atoms with Crippen molar-refractivity contribution in [1.29, 1.82) is 0 Å². The zero-order valence-corrected chi connectivity index (χ0v) is 11.2. The van der Waals surface area contributed by atoms with E-state index in [0.717, 1.165) is 12.5 Å². The van der Waals surface area contributed by atoms with E-state index in [4.69, 9.17) is 4.74 Å². The normalized spacial score (nSPS) is 17.5. The first-order valence-electron chi connectivity index (χ1n) is 6.60. The lowest BCUT2D eigenvalue weighted by molar-refractivity contribution is -0.145. The summed E-state index contributed by atoms with van der Waals surface area (Å²) in [5, 5.41) is 9.86. The Bertz CT molecular complexity index is 239. The second kappa shape index (κ2) is 6.97. The average molecular weight is 243 g/mol. The van der Waals surface area contributed by atoms with E-state index in [1.54, 1.807) is 6.92 Å². The molecular formula is C13H25NO3. The predicted molar refractivity (Wildman–Crippen MR) is 66.7 cm³/mol. The number of carbonyl (C=O) groups is 1. The smallest absolute Gasteiger partial charge is 0.308 e. The number of nitrogens with zero attached hydrogens (tertiary/aromatic N) is 1. The molecule has 0 aromatic carbocycles. The summed E-state index contributed by atoms with van der Waals surface area (Å²) in [6, 6.07) is 0.410. The molecule has 1 aliphatic carbocycles. The van der Waals surface area contributed by atoms with Gasteiger partial charge >= 0.3 is 5.97 Å². The molecule has 0 spiro atoms. The highest BCUT2D eigenvalue weighted by Crippen LogP contribution is 2.30. The lowest BCUT2D eigenvalue weighted by Crippen LogP contribution is -2.39. The van der Waals surface area contributed by atoms with Gasteiger partial charge < -0.3 is 9.84 Å². The molecule has 1 unspecified atom stereocenters. The molecule has 0 radical (unpaired) electrons. The van der Waals surface area contributed by atoms with Crippen molar-refractivity contribution in [2.75, 3.05) is 19.7 Å². The van der Waals surface area contributed by atoms with Gasteiger partial charge in [-0.2, -0.15) is 0 Å². The molecule has 4 heteroatoms. The first-order chi connectivity index (χ1) is 8.02. The molecule has 0 aromatic heterocycles. The lowest BCUT2D eigenvalue weighted by Gasteiger charge is -2.28. The highest BCUT2D eigenvalue weighted by atomic mass is 16.5. The number of hydrogen-bond acceptors (Lipinski definition) is 4. The molecule has 0 bridgehead atoms. The fourth-order valence-corrected chi connectivity index (χ4v) is 1.88. The number of ether oxygens (including phenoxy) is 1. The number of esters is 1. The maximum Gasteiger partial charge on any atom is 0.308 e. The quantitative estimate of drug-likeness (QED) is 0.655. The van der Waals surface area contributed by atoms with Crippen molar-refractivity contribution >= 4 is 5.97 Å². The van der Waals surface area contributed by atoms with Crippen LogP contribution in [-0.2, 0) is 9.53 Å². The standard InChI is InChI=1S/C13H25NO3/c1-4-17-13(16)7-12(15)9-14(10(2)3)8-11-5-6-11/h10-12,15H,4-9H2,1-3H3. The summed E-state index contributed by atoms with van der Waals surface area (Å²) >= 11 is 0. The number of aliphatic hydroxyl groups excluding tert-OH is 1. The van der Waals surface area contributed by atoms with Gasteiger partial charge in [0.1, 0.15) is 0 Å².